The lowest BCUT2D eigenvalue weighted by molar-refractivity contribution is 0.0679. The first kappa shape index (κ1) is 14.1. The van der Waals surface area contributed by atoms with Crippen molar-refractivity contribution in [3.63, 3.8) is 0 Å². The molecule has 1 unspecified atom stereocenters. The third kappa shape index (κ3) is 1.92. The maximum Gasteiger partial charge on any atom is 0.131 e. The number of fused-ring (bicyclic) bond motifs is 7. The van der Waals surface area contributed by atoms with Crippen molar-refractivity contribution >= 4 is 11.4 Å². The van der Waals surface area contributed by atoms with Gasteiger partial charge in [-0.15, -0.1) is 0 Å². The Morgan fingerprint density at radius 2 is 2.22 bits per heavy atom. The summed E-state index contributed by atoms with van der Waals surface area (Å²) in [5.41, 5.74) is 2.30. The van der Waals surface area contributed by atoms with Gasteiger partial charge in [-0.05, 0) is 31.7 Å². The fourth-order valence-electron chi connectivity index (χ4n) is 5.10. The van der Waals surface area contributed by atoms with E-state index in [2.05, 4.69) is 11.8 Å². The molecule has 122 valence electrons. The minimum absolute atomic E-state index is 0.242. The van der Waals surface area contributed by atoms with Gasteiger partial charge in [0, 0.05) is 30.6 Å². The van der Waals surface area contributed by atoms with Gasteiger partial charge in [0.05, 0.1) is 23.6 Å². The minimum atomic E-state index is -0.867. The van der Waals surface area contributed by atoms with Gasteiger partial charge in [0.15, 0.2) is 0 Å². The number of ether oxygens (including phenoxy) is 1. The highest BCUT2D eigenvalue weighted by atomic mass is 16.6. The zero-order chi connectivity index (χ0) is 15.7. The number of piperidine rings is 1. The van der Waals surface area contributed by atoms with E-state index >= 15 is 0 Å². The van der Waals surface area contributed by atoms with Crippen LogP contribution >= 0.6 is 0 Å². The maximum atomic E-state index is 11.5. The number of hydrogen-bond donors (Lipinski definition) is 1. The van der Waals surface area contributed by atoms with E-state index in [1.807, 2.05) is 24.3 Å². The van der Waals surface area contributed by atoms with Crippen molar-refractivity contribution in [3.05, 3.63) is 29.8 Å². The fourth-order valence-corrected chi connectivity index (χ4v) is 5.10. The van der Waals surface area contributed by atoms with E-state index in [4.69, 9.17) is 9.73 Å². The zero-order valence-corrected chi connectivity index (χ0v) is 13.7. The van der Waals surface area contributed by atoms with Crippen molar-refractivity contribution in [3.8, 4) is 0 Å². The second kappa shape index (κ2) is 4.65. The number of benzene rings is 1. The van der Waals surface area contributed by atoms with Crippen LogP contribution in [0, 0.1) is 5.41 Å². The minimum Gasteiger partial charge on any atom is -0.379 e. The first-order chi connectivity index (χ1) is 11.1. The lowest BCUT2D eigenvalue weighted by Gasteiger charge is -2.39. The van der Waals surface area contributed by atoms with Crippen molar-refractivity contribution in [1.29, 1.82) is 0 Å². The predicted molar refractivity (Wildman–Crippen MR) is 89.1 cm³/mol. The summed E-state index contributed by atoms with van der Waals surface area (Å²) in [6.45, 7) is 5.34. The van der Waals surface area contributed by atoms with Gasteiger partial charge in [0.25, 0.3) is 0 Å². The molecule has 3 saturated heterocycles. The standard InChI is InChI=1S/C19H24N2O2/c1-2-18-8-7-16-19(22,13-5-3-4-6-14(13)20-16)9-10-21(12-18)11-15-17(18)23-15/h3-6,15,17,22H,2,7-12H2,1H3/t15-,17-,18+,19-/m0/s1. The number of hydrogen-bond acceptors (Lipinski definition) is 4. The second-order valence-corrected chi connectivity index (χ2v) is 7.73. The third-order valence-electron chi connectivity index (χ3n) is 6.60. The summed E-state index contributed by atoms with van der Waals surface area (Å²) in [6.07, 6.45) is 4.67. The molecule has 23 heavy (non-hydrogen) atoms. The van der Waals surface area contributed by atoms with Crippen molar-refractivity contribution in [2.24, 2.45) is 10.4 Å². The predicted octanol–water partition coefficient (Wildman–Crippen LogP) is 2.62. The Morgan fingerprint density at radius 1 is 1.35 bits per heavy atom. The molecule has 1 aromatic carbocycles. The molecule has 0 amide bonds. The van der Waals surface area contributed by atoms with E-state index in [-0.39, 0.29) is 5.41 Å². The monoisotopic (exact) mass is 312 g/mol. The number of epoxide rings is 1. The number of rotatable bonds is 1. The topological polar surface area (TPSA) is 48.4 Å². The van der Waals surface area contributed by atoms with E-state index < -0.39 is 5.60 Å². The van der Waals surface area contributed by atoms with Gasteiger partial charge >= 0.3 is 0 Å². The summed E-state index contributed by atoms with van der Waals surface area (Å²) in [4.78, 5) is 7.33. The molecule has 0 spiro atoms. The van der Waals surface area contributed by atoms with Crippen molar-refractivity contribution in [1.82, 2.24) is 4.90 Å². The number of aliphatic imine (C=N–C) groups is 1. The molecule has 5 rings (SSSR count). The lowest BCUT2D eigenvalue weighted by Crippen LogP contribution is -2.48. The molecule has 1 aromatic rings. The highest BCUT2D eigenvalue weighted by Gasteiger charge is 2.59. The lowest BCUT2D eigenvalue weighted by atomic mass is 9.73. The summed E-state index contributed by atoms with van der Waals surface area (Å²) in [5.74, 6) is 0. The molecule has 4 aliphatic heterocycles. The Balaban J connectivity index is 1.54. The van der Waals surface area contributed by atoms with Crippen LogP contribution in [0.4, 0.5) is 5.69 Å². The Hall–Kier alpha value is -1.23. The largest absolute Gasteiger partial charge is 0.379 e. The van der Waals surface area contributed by atoms with Crippen LogP contribution in [0.1, 0.15) is 38.2 Å². The van der Waals surface area contributed by atoms with Gasteiger partial charge in [0.1, 0.15) is 5.60 Å². The Bertz CT molecular complexity index is 688. The molecule has 0 saturated carbocycles. The van der Waals surface area contributed by atoms with E-state index in [0.717, 1.165) is 62.3 Å². The molecule has 3 fully saturated rings. The highest BCUT2D eigenvalue weighted by Crippen LogP contribution is 2.52. The quantitative estimate of drug-likeness (QED) is 0.811. The van der Waals surface area contributed by atoms with Crippen LogP contribution < -0.4 is 0 Å². The summed E-state index contributed by atoms with van der Waals surface area (Å²) in [7, 11) is 0. The van der Waals surface area contributed by atoms with Crippen LogP contribution in [-0.4, -0.2) is 47.6 Å². The summed E-state index contributed by atoms with van der Waals surface area (Å²) in [5, 5.41) is 11.5. The first-order valence-electron chi connectivity index (χ1n) is 8.92. The van der Waals surface area contributed by atoms with Crippen molar-refractivity contribution in [2.75, 3.05) is 19.6 Å². The molecule has 4 nitrogen and oxygen atoms in total. The van der Waals surface area contributed by atoms with Crippen LogP contribution in [0.5, 0.6) is 0 Å². The van der Waals surface area contributed by atoms with Gasteiger partial charge in [-0.25, -0.2) is 0 Å². The van der Waals surface area contributed by atoms with Crippen molar-refractivity contribution < 1.29 is 9.84 Å². The molecule has 2 bridgehead atoms. The SMILES string of the molecule is CC[C@]12CCC3=Nc4ccccc4[C@@]3(O)CCN(C[C@@H]3O[C@@H]31)C2. The summed E-state index contributed by atoms with van der Waals surface area (Å²) >= 11 is 0. The van der Waals surface area contributed by atoms with Gasteiger partial charge in [-0.3, -0.25) is 9.89 Å². The normalized spacial score (nSPS) is 44.1. The van der Waals surface area contributed by atoms with Crippen LogP contribution in [0.25, 0.3) is 0 Å². The van der Waals surface area contributed by atoms with Gasteiger partial charge in [-0.2, -0.15) is 0 Å². The maximum absolute atomic E-state index is 11.5. The van der Waals surface area contributed by atoms with Crippen LogP contribution in [0.2, 0.25) is 0 Å². The molecular weight excluding hydrogens is 288 g/mol. The Morgan fingerprint density at radius 3 is 3.09 bits per heavy atom. The van der Waals surface area contributed by atoms with E-state index in [0.29, 0.717) is 12.2 Å². The fraction of sp³-hybridized carbons (Fsp3) is 0.632. The molecular formula is C19H24N2O2. The van der Waals surface area contributed by atoms with Gasteiger partial charge in [0.2, 0.25) is 0 Å². The van der Waals surface area contributed by atoms with E-state index in [9.17, 15) is 5.11 Å². The summed E-state index contributed by atoms with van der Waals surface area (Å²) in [6, 6.07) is 8.08. The Labute approximate surface area is 137 Å². The molecule has 0 aliphatic carbocycles. The average molecular weight is 312 g/mol. The molecule has 5 atom stereocenters. The molecule has 0 radical (unpaired) electrons. The number of aliphatic hydroxyl groups is 1. The molecule has 1 N–H and O–H groups in total. The Kier molecular flexibility index (Phi) is 2.86. The third-order valence-corrected chi connectivity index (χ3v) is 6.60. The number of para-hydroxylation sites is 1. The van der Waals surface area contributed by atoms with Crippen LogP contribution in [0.15, 0.2) is 29.3 Å². The molecule has 0 aromatic heterocycles. The van der Waals surface area contributed by atoms with E-state index in [1.54, 1.807) is 0 Å². The summed E-state index contributed by atoms with van der Waals surface area (Å²) < 4.78 is 5.99. The first-order valence-corrected chi connectivity index (χ1v) is 8.92. The van der Waals surface area contributed by atoms with Crippen LogP contribution in [0.3, 0.4) is 0 Å². The molecule has 4 aliphatic rings. The molecule has 4 heterocycles. The molecule has 4 heteroatoms. The van der Waals surface area contributed by atoms with Crippen molar-refractivity contribution in [2.45, 2.75) is 50.4 Å². The average Bonchev–Trinajstić information content (AvgIpc) is 3.29. The van der Waals surface area contributed by atoms with E-state index in [1.165, 1.54) is 0 Å². The smallest absolute Gasteiger partial charge is 0.131 e. The van der Waals surface area contributed by atoms with Crippen LogP contribution in [-0.2, 0) is 10.3 Å². The van der Waals surface area contributed by atoms with Gasteiger partial charge in [-0.1, -0.05) is 25.1 Å². The number of nitrogens with zero attached hydrogens (tertiary/aromatic N) is 2. The second-order valence-electron chi connectivity index (χ2n) is 7.73. The van der Waals surface area contributed by atoms with Gasteiger partial charge < -0.3 is 9.84 Å². The highest BCUT2D eigenvalue weighted by molar-refractivity contribution is 6.00. The zero-order valence-electron chi connectivity index (χ0n) is 13.7.